The summed E-state index contributed by atoms with van der Waals surface area (Å²) in [6.07, 6.45) is 4.19. The van der Waals surface area contributed by atoms with E-state index in [4.69, 9.17) is 4.74 Å². The van der Waals surface area contributed by atoms with Gasteiger partial charge >= 0.3 is 0 Å². The molecule has 0 spiro atoms. The summed E-state index contributed by atoms with van der Waals surface area (Å²) in [7, 11) is 1.99. The van der Waals surface area contributed by atoms with Crippen molar-refractivity contribution in [3.63, 3.8) is 0 Å². The molecule has 2 aromatic rings. The molecule has 2 heterocycles. The van der Waals surface area contributed by atoms with E-state index in [-0.39, 0.29) is 18.3 Å². The number of carbonyl (C=O) groups is 1. The number of benzene rings is 1. The second kappa shape index (κ2) is 8.76. The van der Waals surface area contributed by atoms with Crippen LogP contribution in [0.1, 0.15) is 12.5 Å². The van der Waals surface area contributed by atoms with Gasteiger partial charge in [-0.15, -0.1) is 12.4 Å². The summed E-state index contributed by atoms with van der Waals surface area (Å²) in [5, 5.41) is 0. The van der Waals surface area contributed by atoms with Crippen molar-refractivity contribution in [2.75, 3.05) is 37.7 Å². The zero-order valence-corrected chi connectivity index (χ0v) is 15.5. The minimum atomic E-state index is 0. The molecule has 0 atom stereocenters. The van der Waals surface area contributed by atoms with E-state index in [1.165, 1.54) is 0 Å². The lowest BCUT2D eigenvalue weighted by molar-refractivity contribution is -0.130. The van der Waals surface area contributed by atoms with E-state index in [0.29, 0.717) is 13.0 Å². The predicted octanol–water partition coefficient (Wildman–Crippen LogP) is 2.13. The lowest BCUT2D eigenvalue weighted by atomic mass is 10.1. The Hall–Kier alpha value is -2.21. The van der Waals surface area contributed by atoms with E-state index < -0.39 is 0 Å². The number of hydrogen-bond acceptors (Lipinski definition) is 4. The number of piperazine rings is 1. The summed E-state index contributed by atoms with van der Waals surface area (Å²) in [5.74, 6) is 1.99. The molecule has 1 amide bonds. The van der Waals surface area contributed by atoms with Gasteiger partial charge < -0.3 is 19.1 Å². The van der Waals surface area contributed by atoms with Crippen LogP contribution in [0.4, 0.5) is 5.95 Å². The fourth-order valence-electron chi connectivity index (χ4n) is 2.97. The van der Waals surface area contributed by atoms with Crippen LogP contribution in [0.5, 0.6) is 5.75 Å². The van der Waals surface area contributed by atoms with E-state index in [1.54, 1.807) is 6.20 Å². The van der Waals surface area contributed by atoms with Crippen LogP contribution >= 0.6 is 12.4 Å². The molecule has 1 aliphatic rings. The van der Waals surface area contributed by atoms with Crippen LogP contribution in [-0.4, -0.2) is 53.1 Å². The van der Waals surface area contributed by atoms with Crippen molar-refractivity contribution in [3.05, 3.63) is 42.2 Å². The quantitative estimate of drug-likeness (QED) is 0.815. The number of aryl methyl sites for hydroxylation is 1. The zero-order chi connectivity index (χ0) is 16.9. The largest absolute Gasteiger partial charge is 0.494 e. The molecule has 7 heteroatoms. The molecular formula is C18H25ClN4O2. The van der Waals surface area contributed by atoms with Gasteiger partial charge in [0.05, 0.1) is 13.0 Å². The number of carbonyl (C=O) groups excluding carboxylic acids is 1. The van der Waals surface area contributed by atoms with Gasteiger partial charge in [-0.05, 0) is 24.6 Å². The molecule has 136 valence electrons. The Kier molecular flexibility index (Phi) is 6.70. The fourth-order valence-corrected chi connectivity index (χ4v) is 2.97. The van der Waals surface area contributed by atoms with E-state index >= 15 is 0 Å². The number of rotatable bonds is 5. The number of nitrogens with zero attached hydrogens (tertiary/aromatic N) is 4. The molecule has 0 bridgehead atoms. The normalized spacial score (nSPS) is 14.2. The second-order valence-electron chi connectivity index (χ2n) is 5.96. The summed E-state index contributed by atoms with van der Waals surface area (Å²) >= 11 is 0. The molecule has 1 aromatic heterocycles. The monoisotopic (exact) mass is 364 g/mol. The minimum absolute atomic E-state index is 0. The first kappa shape index (κ1) is 19.1. The third-order valence-corrected chi connectivity index (χ3v) is 4.30. The first-order chi connectivity index (χ1) is 11.7. The van der Waals surface area contributed by atoms with Crippen molar-refractivity contribution >= 4 is 24.3 Å². The summed E-state index contributed by atoms with van der Waals surface area (Å²) in [4.78, 5) is 21.0. The maximum Gasteiger partial charge on any atom is 0.227 e. The van der Waals surface area contributed by atoms with Gasteiger partial charge in [0.15, 0.2) is 0 Å². The standard InChI is InChI=1S/C18H24N4O2.ClH/c1-3-24-16-6-4-15(5-7-16)14-17(23)21-10-12-22(13-11-21)18-19-8-9-20(18)2;/h4-9H,3,10-14H2,1-2H3;1H. The maximum atomic E-state index is 12.5. The molecule has 1 saturated heterocycles. The number of imidazole rings is 1. The van der Waals surface area contributed by atoms with Gasteiger partial charge in [0, 0.05) is 45.6 Å². The van der Waals surface area contributed by atoms with Gasteiger partial charge in [-0.25, -0.2) is 4.98 Å². The average molecular weight is 365 g/mol. The van der Waals surface area contributed by atoms with Crippen LogP contribution < -0.4 is 9.64 Å². The first-order valence-electron chi connectivity index (χ1n) is 8.39. The Morgan fingerprint density at radius 1 is 1.16 bits per heavy atom. The summed E-state index contributed by atoms with van der Waals surface area (Å²) in [6.45, 7) is 5.73. The smallest absolute Gasteiger partial charge is 0.227 e. The lowest BCUT2D eigenvalue weighted by Gasteiger charge is -2.35. The third-order valence-electron chi connectivity index (χ3n) is 4.30. The van der Waals surface area contributed by atoms with Gasteiger partial charge in [0.25, 0.3) is 0 Å². The van der Waals surface area contributed by atoms with Crippen LogP contribution in [0, 0.1) is 0 Å². The molecule has 0 saturated carbocycles. The number of halogens is 1. The third kappa shape index (κ3) is 4.66. The van der Waals surface area contributed by atoms with Crippen molar-refractivity contribution in [3.8, 4) is 5.75 Å². The summed E-state index contributed by atoms with van der Waals surface area (Å²) in [6, 6.07) is 7.77. The van der Waals surface area contributed by atoms with E-state index in [1.807, 2.05) is 53.9 Å². The summed E-state index contributed by atoms with van der Waals surface area (Å²) < 4.78 is 7.44. The number of hydrogen-bond donors (Lipinski definition) is 0. The van der Waals surface area contributed by atoms with Gasteiger partial charge in [0.1, 0.15) is 5.75 Å². The number of amides is 1. The summed E-state index contributed by atoms with van der Waals surface area (Å²) in [5.41, 5.74) is 1.02. The van der Waals surface area contributed by atoms with E-state index in [9.17, 15) is 4.79 Å². The minimum Gasteiger partial charge on any atom is -0.494 e. The van der Waals surface area contributed by atoms with Crippen LogP contribution in [0.25, 0.3) is 0 Å². The van der Waals surface area contributed by atoms with Gasteiger partial charge in [-0.1, -0.05) is 12.1 Å². The Labute approximate surface area is 154 Å². The molecule has 1 aromatic carbocycles. The maximum absolute atomic E-state index is 12.5. The molecule has 25 heavy (non-hydrogen) atoms. The lowest BCUT2D eigenvalue weighted by Crippen LogP contribution is -2.49. The molecular weight excluding hydrogens is 340 g/mol. The Morgan fingerprint density at radius 2 is 1.84 bits per heavy atom. The molecule has 0 unspecified atom stereocenters. The molecule has 1 aliphatic heterocycles. The predicted molar refractivity (Wildman–Crippen MR) is 101 cm³/mol. The Morgan fingerprint density at radius 3 is 2.40 bits per heavy atom. The van der Waals surface area contributed by atoms with E-state index in [0.717, 1.165) is 43.4 Å². The van der Waals surface area contributed by atoms with E-state index in [2.05, 4.69) is 9.88 Å². The SMILES string of the molecule is CCOc1ccc(CC(=O)N2CCN(c3nccn3C)CC2)cc1.Cl. The Bertz CT molecular complexity index is 679. The van der Waals surface area contributed by atoms with Gasteiger partial charge in [-0.3, -0.25) is 4.79 Å². The molecule has 0 N–H and O–H groups in total. The fraction of sp³-hybridized carbons (Fsp3) is 0.444. The molecule has 6 nitrogen and oxygen atoms in total. The zero-order valence-electron chi connectivity index (χ0n) is 14.7. The second-order valence-corrected chi connectivity index (χ2v) is 5.96. The van der Waals surface area contributed by atoms with Crippen LogP contribution in [0.3, 0.4) is 0 Å². The van der Waals surface area contributed by atoms with Gasteiger partial charge in [-0.2, -0.15) is 0 Å². The Balaban J connectivity index is 0.00000225. The van der Waals surface area contributed by atoms with Crippen LogP contribution in [-0.2, 0) is 18.3 Å². The van der Waals surface area contributed by atoms with Gasteiger partial charge in [0.2, 0.25) is 11.9 Å². The molecule has 1 fully saturated rings. The molecule has 0 aliphatic carbocycles. The topological polar surface area (TPSA) is 50.6 Å². The highest BCUT2D eigenvalue weighted by molar-refractivity contribution is 5.85. The number of aromatic nitrogens is 2. The van der Waals surface area contributed by atoms with Crippen LogP contribution in [0.15, 0.2) is 36.7 Å². The molecule has 0 radical (unpaired) electrons. The number of anilines is 1. The highest BCUT2D eigenvalue weighted by atomic mass is 35.5. The van der Waals surface area contributed by atoms with Crippen molar-refractivity contribution in [1.82, 2.24) is 14.5 Å². The highest BCUT2D eigenvalue weighted by Crippen LogP contribution is 2.15. The van der Waals surface area contributed by atoms with Crippen molar-refractivity contribution < 1.29 is 9.53 Å². The first-order valence-corrected chi connectivity index (χ1v) is 8.39. The van der Waals surface area contributed by atoms with Crippen molar-refractivity contribution in [1.29, 1.82) is 0 Å². The molecule has 3 rings (SSSR count). The van der Waals surface area contributed by atoms with Crippen molar-refractivity contribution in [2.45, 2.75) is 13.3 Å². The average Bonchev–Trinajstić information content (AvgIpc) is 3.03. The highest BCUT2D eigenvalue weighted by Gasteiger charge is 2.23. The van der Waals surface area contributed by atoms with Crippen LogP contribution in [0.2, 0.25) is 0 Å². The number of ether oxygens (including phenoxy) is 1. The van der Waals surface area contributed by atoms with Crippen molar-refractivity contribution in [2.24, 2.45) is 7.05 Å².